The SMILES string of the molecule is Cc1cc(OC(C)C)ccc1N(C)C. The Labute approximate surface area is 86.5 Å². The molecule has 0 saturated carbocycles. The zero-order valence-corrected chi connectivity index (χ0v) is 9.66. The Morgan fingerprint density at radius 1 is 1.21 bits per heavy atom. The van der Waals surface area contributed by atoms with Crippen molar-refractivity contribution in [3.8, 4) is 5.75 Å². The Kier molecular flexibility index (Phi) is 3.39. The van der Waals surface area contributed by atoms with Crippen LogP contribution in [-0.4, -0.2) is 20.2 Å². The van der Waals surface area contributed by atoms with Gasteiger partial charge in [0, 0.05) is 19.8 Å². The van der Waals surface area contributed by atoms with E-state index in [1.165, 1.54) is 11.3 Å². The summed E-state index contributed by atoms with van der Waals surface area (Å²) < 4.78 is 5.61. The highest BCUT2D eigenvalue weighted by Gasteiger charge is 2.03. The lowest BCUT2D eigenvalue weighted by Crippen LogP contribution is -2.11. The van der Waals surface area contributed by atoms with Gasteiger partial charge in [0.2, 0.25) is 0 Å². The Morgan fingerprint density at radius 3 is 2.29 bits per heavy atom. The van der Waals surface area contributed by atoms with Crippen molar-refractivity contribution in [2.24, 2.45) is 0 Å². The molecule has 0 amide bonds. The van der Waals surface area contributed by atoms with Crippen LogP contribution in [0.25, 0.3) is 0 Å². The molecule has 1 aromatic carbocycles. The maximum atomic E-state index is 5.61. The summed E-state index contributed by atoms with van der Waals surface area (Å²) in [4.78, 5) is 2.11. The molecular weight excluding hydrogens is 174 g/mol. The minimum atomic E-state index is 0.236. The van der Waals surface area contributed by atoms with Crippen LogP contribution in [0.4, 0.5) is 5.69 Å². The number of hydrogen-bond acceptors (Lipinski definition) is 2. The van der Waals surface area contributed by atoms with E-state index in [0.717, 1.165) is 5.75 Å². The standard InChI is InChI=1S/C12H19NO/c1-9(2)14-11-6-7-12(13(4)5)10(3)8-11/h6-9H,1-5H3. The Balaban J connectivity index is 2.89. The normalized spacial score (nSPS) is 10.4. The maximum absolute atomic E-state index is 5.61. The van der Waals surface area contributed by atoms with E-state index in [1.807, 2.05) is 34.0 Å². The molecule has 0 aliphatic heterocycles. The number of aryl methyl sites for hydroxylation is 1. The lowest BCUT2D eigenvalue weighted by molar-refractivity contribution is 0.242. The summed E-state index contributed by atoms with van der Waals surface area (Å²) in [5.41, 5.74) is 2.48. The van der Waals surface area contributed by atoms with Gasteiger partial charge in [-0.25, -0.2) is 0 Å². The highest BCUT2D eigenvalue weighted by molar-refractivity contribution is 5.54. The van der Waals surface area contributed by atoms with Gasteiger partial charge in [0.1, 0.15) is 5.75 Å². The Bertz CT molecular complexity index is 305. The monoisotopic (exact) mass is 193 g/mol. The van der Waals surface area contributed by atoms with Gasteiger partial charge in [-0.05, 0) is 44.5 Å². The third-order valence-electron chi connectivity index (χ3n) is 2.02. The van der Waals surface area contributed by atoms with Gasteiger partial charge in [-0.15, -0.1) is 0 Å². The van der Waals surface area contributed by atoms with Crippen molar-refractivity contribution in [3.05, 3.63) is 23.8 Å². The molecule has 0 fully saturated rings. The molecule has 0 aliphatic carbocycles. The van der Waals surface area contributed by atoms with Crippen molar-refractivity contribution in [1.29, 1.82) is 0 Å². The molecular formula is C12H19NO. The summed E-state index contributed by atoms with van der Waals surface area (Å²) in [5, 5.41) is 0. The number of nitrogens with zero attached hydrogens (tertiary/aromatic N) is 1. The second-order valence-corrected chi connectivity index (χ2v) is 4.01. The van der Waals surface area contributed by atoms with Gasteiger partial charge in [-0.2, -0.15) is 0 Å². The second kappa shape index (κ2) is 4.36. The van der Waals surface area contributed by atoms with Crippen LogP contribution in [-0.2, 0) is 0 Å². The topological polar surface area (TPSA) is 12.5 Å². The zero-order chi connectivity index (χ0) is 10.7. The van der Waals surface area contributed by atoms with Crippen molar-refractivity contribution >= 4 is 5.69 Å². The molecule has 0 unspecified atom stereocenters. The fourth-order valence-corrected chi connectivity index (χ4v) is 1.48. The molecule has 2 heteroatoms. The highest BCUT2D eigenvalue weighted by atomic mass is 16.5. The summed E-state index contributed by atoms with van der Waals surface area (Å²) in [5.74, 6) is 0.947. The minimum Gasteiger partial charge on any atom is -0.491 e. The van der Waals surface area contributed by atoms with Crippen LogP contribution < -0.4 is 9.64 Å². The fourth-order valence-electron chi connectivity index (χ4n) is 1.48. The lowest BCUT2D eigenvalue weighted by Gasteiger charge is -2.17. The van der Waals surface area contributed by atoms with E-state index in [-0.39, 0.29) is 6.10 Å². The zero-order valence-electron chi connectivity index (χ0n) is 9.66. The number of benzene rings is 1. The van der Waals surface area contributed by atoms with Crippen LogP contribution in [0.3, 0.4) is 0 Å². The van der Waals surface area contributed by atoms with Gasteiger partial charge in [0.15, 0.2) is 0 Å². The number of rotatable bonds is 3. The van der Waals surface area contributed by atoms with Gasteiger partial charge >= 0.3 is 0 Å². The molecule has 14 heavy (non-hydrogen) atoms. The summed E-state index contributed by atoms with van der Waals surface area (Å²) in [6.45, 7) is 6.17. The van der Waals surface area contributed by atoms with E-state index < -0.39 is 0 Å². The van der Waals surface area contributed by atoms with Crippen LogP contribution in [0, 0.1) is 6.92 Å². The first kappa shape index (κ1) is 10.9. The molecule has 0 spiro atoms. The Morgan fingerprint density at radius 2 is 1.86 bits per heavy atom. The van der Waals surface area contributed by atoms with Crippen molar-refractivity contribution in [2.45, 2.75) is 26.9 Å². The summed E-state index contributed by atoms with van der Waals surface area (Å²) in [6, 6.07) is 6.19. The first-order chi connectivity index (χ1) is 6.50. The van der Waals surface area contributed by atoms with Crippen LogP contribution in [0.2, 0.25) is 0 Å². The molecule has 0 radical (unpaired) electrons. The van der Waals surface area contributed by atoms with E-state index in [0.29, 0.717) is 0 Å². The van der Waals surface area contributed by atoms with Crippen molar-refractivity contribution in [2.75, 3.05) is 19.0 Å². The van der Waals surface area contributed by atoms with E-state index in [1.54, 1.807) is 0 Å². The third-order valence-corrected chi connectivity index (χ3v) is 2.02. The van der Waals surface area contributed by atoms with E-state index in [2.05, 4.69) is 24.0 Å². The fraction of sp³-hybridized carbons (Fsp3) is 0.500. The summed E-state index contributed by atoms with van der Waals surface area (Å²) in [6.07, 6.45) is 0.236. The van der Waals surface area contributed by atoms with E-state index in [9.17, 15) is 0 Å². The summed E-state index contributed by atoms with van der Waals surface area (Å²) >= 11 is 0. The molecule has 0 aromatic heterocycles. The molecule has 78 valence electrons. The van der Waals surface area contributed by atoms with Crippen LogP contribution in [0.5, 0.6) is 5.75 Å². The number of anilines is 1. The third kappa shape index (κ3) is 2.66. The minimum absolute atomic E-state index is 0.236. The van der Waals surface area contributed by atoms with Crippen molar-refractivity contribution in [1.82, 2.24) is 0 Å². The first-order valence-corrected chi connectivity index (χ1v) is 4.95. The smallest absolute Gasteiger partial charge is 0.120 e. The van der Waals surface area contributed by atoms with Crippen LogP contribution in [0.1, 0.15) is 19.4 Å². The molecule has 0 N–H and O–H groups in total. The molecule has 1 rings (SSSR count). The quantitative estimate of drug-likeness (QED) is 0.732. The molecule has 1 aromatic rings. The van der Waals surface area contributed by atoms with Crippen molar-refractivity contribution in [3.63, 3.8) is 0 Å². The Hall–Kier alpha value is -1.18. The average molecular weight is 193 g/mol. The molecule has 0 heterocycles. The maximum Gasteiger partial charge on any atom is 0.120 e. The predicted molar refractivity (Wildman–Crippen MR) is 61.3 cm³/mol. The van der Waals surface area contributed by atoms with E-state index >= 15 is 0 Å². The highest BCUT2D eigenvalue weighted by Crippen LogP contribution is 2.23. The average Bonchev–Trinajstić information content (AvgIpc) is 2.01. The molecule has 0 bridgehead atoms. The van der Waals surface area contributed by atoms with Gasteiger partial charge in [0.25, 0.3) is 0 Å². The van der Waals surface area contributed by atoms with Gasteiger partial charge < -0.3 is 9.64 Å². The van der Waals surface area contributed by atoms with Gasteiger partial charge in [-0.3, -0.25) is 0 Å². The predicted octanol–water partition coefficient (Wildman–Crippen LogP) is 2.85. The molecule has 0 aliphatic rings. The van der Waals surface area contributed by atoms with Gasteiger partial charge in [-0.1, -0.05) is 0 Å². The van der Waals surface area contributed by atoms with Crippen molar-refractivity contribution < 1.29 is 4.74 Å². The summed E-state index contributed by atoms with van der Waals surface area (Å²) in [7, 11) is 4.09. The van der Waals surface area contributed by atoms with E-state index in [4.69, 9.17) is 4.74 Å². The van der Waals surface area contributed by atoms with Crippen LogP contribution in [0.15, 0.2) is 18.2 Å². The second-order valence-electron chi connectivity index (χ2n) is 4.01. The lowest BCUT2D eigenvalue weighted by atomic mass is 10.2. The largest absolute Gasteiger partial charge is 0.491 e. The van der Waals surface area contributed by atoms with Gasteiger partial charge in [0.05, 0.1) is 6.10 Å². The number of ether oxygens (including phenoxy) is 1. The number of hydrogen-bond donors (Lipinski definition) is 0. The van der Waals surface area contributed by atoms with Crippen LogP contribution >= 0.6 is 0 Å². The molecule has 0 saturated heterocycles. The molecule has 2 nitrogen and oxygen atoms in total. The molecule has 0 atom stereocenters. The first-order valence-electron chi connectivity index (χ1n) is 4.95.